The number of ether oxygens (including phenoxy) is 2. The molecule has 0 spiro atoms. The molecule has 0 fully saturated rings. The molecule has 0 radical (unpaired) electrons. The Kier molecular flexibility index (Phi) is 6.75. The molecular weight excluding hydrogens is 300 g/mol. The quantitative estimate of drug-likeness (QED) is 0.620. The average Bonchev–Trinajstić information content (AvgIpc) is 2.37. The zero-order chi connectivity index (χ0) is 13.4. The SMILES string of the molecule is CCCCOC(=O)COc1ccc(Br)cc1CO. The van der Waals surface area contributed by atoms with E-state index in [1.807, 2.05) is 6.92 Å². The topological polar surface area (TPSA) is 55.8 Å². The Morgan fingerprint density at radius 3 is 2.89 bits per heavy atom. The van der Waals surface area contributed by atoms with Gasteiger partial charge in [-0.3, -0.25) is 0 Å². The fraction of sp³-hybridized carbons (Fsp3) is 0.462. The summed E-state index contributed by atoms with van der Waals surface area (Å²) in [4.78, 5) is 11.3. The Bertz CT molecular complexity index is 393. The molecule has 0 aliphatic carbocycles. The summed E-state index contributed by atoms with van der Waals surface area (Å²) in [7, 11) is 0. The van der Waals surface area contributed by atoms with Crippen LogP contribution in [-0.2, 0) is 16.1 Å². The summed E-state index contributed by atoms with van der Waals surface area (Å²) in [5.74, 6) is 0.100. The van der Waals surface area contributed by atoms with E-state index in [2.05, 4.69) is 15.9 Å². The normalized spacial score (nSPS) is 10.2. The van der Waals surface area contributed by atoms with Crippen LogP contribution in [0.3, 0.4) is 0 Å². The number of carbonyl (C=O) groups excluding carboxylic acids is 1. The molecule has 0 amide bonds. The van der Waals surface area contributed by atoms with Crippen molar-refractivity contribution in [2.75, 3.05) is 13.2 Å². The first-order valence-electron chi connectivity index (χ1n) is 5.85. The van der Waals surface area contributed by atoms with Gasteiger partial charge >= 0.3 is 5.97 Å². The van der Waals surface area contributed by atoms with Gasteiger partial charge in [-0.25, -0.2) is 4.79 Å². The molecule has 1 rings (SSSR count). The Morgan fingerprint density at radius 2 is 2.22 bits per heavy atom. The van der Waals surface area contributed by atoms with Crippen molar-refractivity contribution in [3.05, 3.63) is 28.2 Å². The zero-order valence-corrected chi connectivity index (χ0v) is 11.9. The third kappa shape index (κ3) is 5.06. The monoisotopic (exact) mass is 316 g/mol. The Morgan fingerprint density at radius 1 is 1.44 bits per heavy atom. The number of benzene rings is 1. The van der Waals surface area contributed by atoms with Crippen LogP contribution in [0.4, 0.5) is 0 Å². The van der Waals surface area contributed by atoms with Crippen molar-refractivity contribution in [2.45, 2.75) is 26.4 Å². The Hall–Kier alpha value is -1.07. The molecule has 1 aromatic rings. The maximum absolute atomic E-state index is 11.3. The second kappa shape index (κ2) is 8.11. The van der Waals surface area contributed by atoms with Crippen LogP contribution in [0.25, 0.3) is 0 Å². The van der Waals surface area contributed by atoms with Gasteiger partial charge in [0.25, 0.3) is 0 Å². The van der Waals surface area contributed by atoms with E-state index < -0.39 is 5.97 Å². The molecule has 0 unspecified atom stereocenters. The van der Waals surface area contributed by atoms with Gasteiger partial charge in [0, 0.05) is 10.0 Å². The minimum absolute atomic E-state index is 0.139. The van der Waals surface area contributed by atoms with Crippen molar-refractivity contribution >= 4 is 21.9 Å². The second-order valence-electron chi connectivity index (χ2n) is 3.77. The number of aliphatic hydroxyl groups excluding tert-OH is 1. The van der Waals surface area contributed by atoms with Crippen LogP contribution in [0.1, 0.15) is 25.3 Å². The minimum Gasteiger partial charge on any atom is -0.482 e. The Balaban J connectivity index is 2.45. The van der Waals surface area contributed by atoms with Crippen molar-refractivity contribution in [1.82, 2.24) is 0 Å². The molecule has 0 aromatic heterocycles. The van der Waals surface area contributed by atoms with E-state index in [9.17, 15) is 4.79 Å². The van der Waals surface area contributed by atoms with Crippen LogP contribution in [0.5, 0.6) is 5.75 Å². The third-order valence-electron chi connectivity index (χ3n) is 2.30. The molecular formula is C13H17BrO4. The predicted octanol–water partition coefficient (Wildman–Crippen LogP) is 2.66. The molecule has 0 bridgehead atoms. The molecule has 0 aliphatic rings. The summed E-state index contributed by atoms with van der Waals surface area (Å²) in [6.07, 6.45) is 1.83. The highest BCUT2D eigenvalue weighted by Crippen LogP contribution is 2.23. The van der Waals surface area contributed by atoms with E-state index in [-0.39, 0.29) is 13.2 Å². The van der Waals surface area contributed by atoms with Crippen LogP contribution in [0, 0.1) is 0 Å². The maximum atomic E-state index is 11.3. The predicted molar refractivity (Wildman–Crippen MR) is 71.4 cm³/mol. The standard InChI is InChI=1S/C13H17BrO4/c1-2-3-6-17-13(16)9-18-12-5-4-11(14)7-10(12)8-15/h4-5,7,15H,2-3,6,8-9H2,1H3. The van der Waals surface area contributed by atoms with E-state index in [0.717, 1.165) is 17.3 Å². The van der Waals surface area contributed by atoms with E-state index >= 15 is 0 Å². The van der Waals surface area contributed by atoms with Gasteiger partial charge in [-0.15, -0.1) is 0 Å². The molecule has 18 heavy (non-hydrogen) atoms. The first kappa shape index (κ1) is 15.0. The van der Waals surface area contributed by atoms with Gasteiger partial charge in [0.2, 0.25) is 0 Å². The third-order valence-corrected chi connectivity index (χ3v) is 2.79. The van der Waals surface area contributed by atoms with Gasteiger partial charge in [-0.2, -0.15) is 0 Å². The zero-order valence-electron chi connectivity index (χ0n) is 10.3. The van der Waals surface area contributed by atoms with Gasteiger partial charge in [-0.1, -0.05) is 29.3 Å². The molecule has 0 saturated carbocycles. The van der Waals surface area contributed by atoms with Crippen LogP contribution in [-0.4, -0.2) is 24.3 Å². The number of halogens is 1. The van der Waals surface area contributed by atoms with Crippen molar-refractivity contribution in [3.63, 3.8) is 0 Å². The van der Waals surface area contributed by atoms with E-state index in [1.54, 1.807) is 18.2 Å². The summed E-state index contributed by atoms with van der Waals surface area (Å²) in [5, 5.41) is 9.16. The number of hydrogen-bond acceptors (Lipinski definition) is 4. The summed E-state index contributed by atoms with van der Waals surface area (Å²) < 4.78 is 11.1. The number of carbonyl (C=O) groups is 1. The van der Waals surface area contributed by atoms with Crippen LogP contribution >= 0.6 is 15.9 Å². The number of hydrogen-bond donors (Lipinski definition) is 1. The highest BCUT2D eigenvalue weighted by atomic mass is 79.9. The van der Waals surface area contributed by atoms with E-state index in [1.165, 1.54) is 0 Å². The van der Waals surface area contributed by atoms with Gasteiger partial charge in [0.15, 0.2) is 6.61 Å². The molecule has 0 heterocycles. The van der Waals surface area contributed by atoms with E-state index in [4.69, 9.17) is 14.6 Å². The van der Waals surface area contributed by atoms with Gasteiger partial charge < -0.3 is 14.6 Å². The number of esters is 1. The van der Waals surface area contributed by atoms with Crippen molar-refractivity contribution in [2.24, 2.45) is 0 Å². The molecule has 100 valence electrons. The largest absolute Gasteiger partial charge is 0.482 e. The average molecular weight is 317 g/mol. The lowest BCUT2D eigenvalue weighted by molar-refractivity contribution is -0.146. The fourth-order valence-corrected chi connectivity index (χ4v) is 1.73. The van der Waals surface area contributed by atoms with E-state index in [0.29, 0.717) is 17.9 Å². The first-order valence-corrected chi connectivity index (χ1v) is 6.64. The molecule has 5 heteroatoms. The number of aliphatic hydroxyl groups is 1. The van der Waals surface area contributed by atoms with Gasteiger partial charge in [0.05, 0.1) is 13.2 Å². The number of unbranched alkanes of at least 4 members (excludes halogenated alkanes) is 1. The summed E-state index contributed by atoms with van der Waals surface area (Å²) in [5.41, 5.74) is 0.630. The molecule has 0 saturated heterocycles. The summed E-state index contributed by atoms with van der Waals surface area (Å²) in [6.45, 7) is 2.17. The maximum Gasteiger partial charge on any atom is 0.344 e. The van der Waals surface area contributed by atoms with Crippen LogP contribution < -0.4 is 4.74 Å². The molecule has 0 aliphatic heterocycles. The van der Waals surface area contributed by atoms with Gasteiger partial charge in [-0.05, 0) is 24.6 Å². The van der Waals surface area contributed by atoms with Crippen LogP contribution in [0.2, 0.25) is 0 Å². The summed E-state index contributed by atoms with van der Waals surface area (Å²) >= 11 is 3.30. The number of rotatable bonds is 7. The molecule has 1 N–H and O–H groups in total. The van der Waals surface area contributed by atoms with Crippen LogP contribution in [0.15, 0.2) is 22.7 Å². The minimum atomic E-state index is -0.393. The van der Waals surface area contributed by atoms with Crippen molar-refractivity contribution in [1.29, 1.82) is 0 Å². The molecule has 4 nitrogen and oxygen atoms in total. The lowest BCUT2D eigenvalue weighted by Crippen LogP contribution is -2.16. The van der Waals surface area contributed by atoms with Crippen molar-refractivity contribution in [3.8, 4) is 5.75 Å². The Labute approximate surface area is 115 Å². The molecule has 0 atom stereocenters. The van der Waals surface area contributed by atoms with Gasteiger partial charge in [0.1, 0.15) is 5.75 Å². The first-order chi connectivity index (χ1) is 8.67. The fourth-order valence-electron chi connectivity index (χ4n) is 1.32. The smallest absolute Gasteiger partial charge is 0.344 e. The second-order valence-corrected chi connectivity index (χ2v) is 4.69. The van der Waals surface area contributed by atoms with Crippen molar-refractivity contribution < 1.29 is 19.4 Å². The lowest BCUT2D eigenvalue weighted by atomic mass is 10.2. The highest BCUT2D eigenvalue weighted by molar-refractivity contribution is 9.10. The summed E-state index contributed by atoms with van der Waals surface area (Å²) in [6, 6.07) is 5.24. The molecule has 1 aromatic carbocycles. The highest BCUT2D eigenvalue weighted by Gasteiger charge is 2.07. The lowest BCUT2D eigenvalue weighted by Gasteiger charge is -2.10.